The van der Waals surface area contributed by atoms with Crippen molar-refractivity contribution in [3.8, 4) is 17.2 Å². The molecule has 0 spiro atoms. The quantitative estimate of drug-likeness (QED) is 0.424. The van der Waals surface area contributed by atoms with Crippen molar-refractivity contribution in [2.45, 2.75) is 50.0 Å². The lowest BCUT2D eigenvalue weighted by Gasteiger charge is -2.37. The van der Waals surface area contributed by atoms with Crippen LogP contribution >= 0.6 is 0 Å². The maximum absolute atomic E-state index is 12.9. The SMILES string of the molecule is C[C@@H](NC(=O)C[C@H]1C[C@@H]2c3cc(NC(=O)c4ccc5c(c4)OCO5)ccc3O[C@@H]2[C@@H](CO)O1)c1ccccc1. The molecular weight excluding hydrogens is 500 g/mol. The van der Waals surface area contributed by atoms with Crippen LogP contribution in [-0.2, 0) is 9.53 Å². The Bertz CT molecular complexity index is 1380. The highest BCUT2D eigenvalue weighted by molar-refractivity contribution is 6.04. The number of anilines is 1. The van der Waals surface area contributed by atoms with Crippen molar-refractivity contribution in [2.75, 3.05) is 18.7 Å². The second kappa shape index (κ2) is 10.6. The second-order valence-electron chi connectivity index (χ2n) is 10.1. The van der Waals surface area contributed by atoms with Gasteiger partial charge in [0.2, 0.25) is 12.7 Å². The minimum absolute atomic E-state index is 0.0855. The second-order valence-corrected chi connectivity index (χ2v) is 10.1. The fraction of sp³-hybridized carbons (Fsp3) is 0.333. The van der Waals surface area contributed by atoms with E-state index in [-0.39, 0.29) is 55.8 Å². The van der Waals surface area contributed by atoms with E-state index >= 15 is 0 Å². The van der Waals surface area contributed by atoms with Crippen molar-refractivity contribution >= 4 is 17.5 Å². The minimum atomic E-state index is -0.563. The first kappa shape index (κ1) is 25.2. The predicted molar refractivity (Wildman–Crippen MR) is 142 cm³/mol. The van der Waals surface area contributed by atoms with Crippen molar-refractivity contribution in [3.05, 3.63) is 83.4 Å². The van der Waals surface area contributed by atoms with Gasteiger partial charge in [-0.2, -0.15) is 0 Å². The number of benzene rings is 3. The Morgan fingerprint density at radius 2 is 1.79 bits per heavy atom. The molecule has 0 aromatic heterocycles. The van der Waals surface area contributed by atoms with Crippen LogP contribution in [-0.4, -0.2) is 48.6 Å². The van der Waals surface area contributed by atoms with E-state index in [0.29, 0.717) is 34.9 Å². The lowest BCUT2D eigenvalue weighted by Crippen LogP contribution is -2.47. The number of carbonyl (C=O) groups is 2. The molecule has 3 heterocycles. The first-order chi connectivity index (χ1) is 19.0. The van der Waals surface area contributed by atoms with E-state index in [4.69, 9.17) is 18.9 Å². The van der Waals surface area contributed by atoms with Crippen LogP contribution in [0.25, 0.3) is 0 Å². The van der Waals surface area contributed by atoms with Crippen LogP contribution in [0.2, 0.25) is 0 Å². The summed E-state index contributed by atoms with van der Waals surface area (Å²) in [4.78, 5) is 25.8. The van der Waals surface area contributed by atoms with E-state index in [1.165, 1.54) is 0 Å². The minimum Gasteiger partial charge on any atom is -0.487 e. The number of rotatable bonds is 7. The Labute approximate surface area is 226 Å². The molecule has 0 radical (unpaired) electrons. The van der Waals surface area contributed by atoms with Gasteiger partial charge in [0.05, 0.1) is 25.2 Å². The summed E-state index contributed by atoms with van der Waals surface area (Å²) in [5.41, 5.74) is 3.03. The third-order valence-corrected chi connectivity index (χ3v) is 7.48. The number of ether oxygens (including phenoxy) is 4. The third-order valence-electron chi connectivity index (χ3n) is 7.48. The number of carbonyl (C=O) groups excluding carboxylic acids is 2. The molecule has 3 aromatic carbocycles. The van der Waals surface area contributed by atoms with Crippen molar-refractivity contribution < 1.29 is 33.6 Å². The van der Waals surface area contributed by atoms with Crippen LogP contribution in [0.1, 0.15) is 53.2 Å². The van der Waals surface area contributed by atoms with E-state index in [0.717, 1.165) is 11.1 Å². The summed E-state index contributed by atoms with van der Waals surface area (Å²) in [5, 5.41) is 16.0. The van der Waals surface area contributed by atoms with Gasteiger partial charge in [0, 0.05) is 22.7 Å². The molecule has 6 rings (SSSR count). The van der Waals surface area contributed by atoms with Crippen LogP contribution in [0.3, 0.4) is 0 Å². The predicted octanol–water partition coefficient (Wildman–Crippen LogP) is 3.93. The molecule has 1 fully saturated rings. The van der Waals surface area contributed by atoms with Gasteiger partial charge in [-0.25, -0.2) is 0 Å². The fourth-order valence-electron chi connectivity index (χ4n) is 5.54. The summed E-state index contributed by atoms with van der Waals surface area (Å²) < 4.78 is 23.0. The average molecular weight is 531 g/mol. The molecule has 9 nitrogen and oxygen atoms in total. The average Bonchev–Trinajstić information content (AvgIpc) is 3.57. The Morgan fingerprint density at radius 1 is 1.00 bits per heavy atom. The van der Waals surface area contributed by atoms with Crippen molar-refractivity contribution in [1.82, 2.24) is 5.32 Å². The Kier molecular flexibility index (Phi) is 6.85. The molecule has 202 valence electrons. The zero-order valence-corrected chi connectivity index (χ0v) is 21.5. The van der Waals surface area contributed by atoms with Gasteiger partial charge < -0.3 is 34.7 Å². The third kappa shape index (κ3) is 5.15. The maximum Gasteiger partial charge on any atom is 0.255 e. The molecule has 5 atom stereocenters. The van der Waals surface area contributed by atoms with Gasteiger partial charge in [-0.15, -0.1) is 0 Å². The molecule has 0 saturated carbocycles. The first-order valence-corrected chi connectivity index (χ1v) is 13.1. The highest BCUT2D eigenvalue weighted by atomic mass is 16.7. The fourth-order valence-corrected chi connectivity index (χ4v) is 5.54. The zero-order chi connectivity index (χ0) is 26.9. The monoisotopic (exact) mass is 530 g/mol. The summed E-state index contributed by atoms with van der Waals surface area (Å²) >= 11 is 0. The number of aliphatic hydroxyl groups excluding tert-OH is 1. The highest BCUT2D eigenvalue weighted by Crippen LogP contribution is 2.47. The molecule has 1 saturated heterocycles. The standard InChI is InChI=1S/C30H30N2O7/c1-17(18-5-3-2-4-6-18)31-28(34)14-21-13-23-22-12-20(8-10-24(22)39-29(23)27(15-33)38-21)32-30(35)19-7-9-25-26(11-19)37-16-36-25/h2-12,17,21,23,27,29,33H,13-16H2,1H3,(H,31,34)(H,32,35)/t17-,21-,23-,27-,29+/m1/s1. The van der Waals surface area contributed by atoms with Gasteiger partial charge in [-0.05, 0) is 55.3 Å². The molecule has 3 aromatic rings. The zero-order valence-electron chi connectivity index (χ0n) is 21.5. The van der Waals surface area contributed by atoms with E-state index in [1.807, 2.05) is 49.4 Å². The van der Waals surface area contributed by atoms with E-state index in [2.05, 4.69) is 10.6 Å². The Balaban J connectivity index is 1.14. The van der Waals surface area contributed by atoms with Gasteiger partial charge in [0.15, 0.2) is 11.5 Å². The topological polar surface area (TPSA) is 115 Å². The Hall–Kier alpha value is -4.08. The lowest BCUT2D eigenvalue weighted by atomic mass is 9.84. The normalized spacial score (nSPS) is 23.2. The number of amides is 2. The number of hydrogen-bond acceptors (Lipinski definition) is 7. The molecule has 0 aliphatic carbocycles. The Morgan fingerprint density at radius 3 is 2.62 bits per heavy atom. The van der Waals surface area contributed by atoms with Gasteiger partial charge >= 0.3 is 0 Å². The molecule has 3 aliphatic rings. The molecule has 3 N–H and O–H groups in total. The van der Waals surface area contributed by atoms with Crippen LogP contribution in [0.5, 0.6) is 17.2 Å². The first-order valence-electron chi connectivity index (χ1n) is 13.1. The largest absolute Gasteiger partial charge is 0.487 e. The number of aliphatic hydroxyl groups is 1. The van der Waals surface area contributed by atoms with Crippen molar-refractivity contribution in [1.29, 1.82) is 0 Å². The summed E-state index contributed by atoms with van der Waals surface area (Å²) in [6, 6.07) is 20.2. The van der Waals surface area contributed by atoms with Gasteiger partial charge in [-0.1, -0.05) is 30.3 Å². The van der Waals surface area contributed by atoms with Crippen LogP contribution in [0.15, 0.2) is 66.7 Å². The van der Waals surface area contributed by atoms with Gasteiger partial charge in [0.25, 0.3) is 5.91 Å². The number of hydrogen-bond donors (Lipinski definition) is 3. The van der Waals surface area contributed by atoms with Crippen LogP contribution in [0.4, 0.5) is 5.69 Å². The summed E-state index contributed by atoms with van der Waals surface area (Å²) in [6.07, 6.45) is -0.583. The molecule has 0 unspecified atom stereocenters. The van der Waals surface area contributed by atoms with E-state index in [1.54, 1.807) is 24.3 Å². The molecule has 2 amide bonds. The summed E-state index contributed by atoms with van der Waals surface area (Å²) in [7, 11) is 0. The maximum atomic E-state index is 12.9. The molecular formula is C30H30N2O7. The smallest absolute Gasteiger partial charge is 0.255 e. The molecule has 39 heavy (non-hydrogen) atoms. The molecule has 9 heteroatoms. The summed E-state index contributed by atoms with van der Waals surface area (Å²) in [6.45, 7) is 1.87. The van der Waals surface area contributed by atoms with Crippen molar-refractivity contribution in [3.63, 3.8) is 0 Å². The summed E-state index contributed by atoms with van der Waals surface area (Å²) in [5.74, 6) is 1.37. The van der Waals surface area contributed by atoms with Crippen LogP contribution in [0, 0.1) is 0 Å². The molecule has 0 bridgehead atoms. The van der Waals surface area contributed by atoms with Crippen LogP contribution < -0.4 is 24.8 Å². The molecule has 3 aliphatic heterocycles. The van der Waals surface area contributed by atoms with E-state index in [9.17, 15) is 14.7 Å². The van der Waals surface area contributed by atoms with E-state index < -0.39 is 6.10 Å². The number of nitrogens with one attached hydrogen (secondary N) is 2. The highest BCUT2D eigenvalue weighted by Gasteiger charge is 2.46. The van der Waals surface area contributed by atoms with Gasteiger partial charge in [0.1, 0.15) is 18.0 Å². The number of fused-ring (bicyclic) bond motifs is 4. The van der Waals surface area contributed by atoms with Gasteiger partial charge in [-0.3, -0.25) is 9.59 Å². The van der Waals surface area contributed by atoms with Crippen molar-refractivity contribution in [2.24, 2.45) is 0 Å². The lowest BCUT2D eigenvalue weighted by molar-refractivity contribution is -0.142.